The topological polar surface area (TPSA) is 6.48 Å². The Morgan fingerprint density at radius 2 is 1.65 bits per heavy atom. The van der Waals surface area contributed by atoms with Crippen molar-refractivity contribution in [2.24, 2.45) is 11.8 Å². The molecule has 2 nitrogen and oxygen atoms in total. The lowest BCUT2D eigenvalue weighted by molar-refractivity contribution is 0.130. The molecule has 0 N–H and O–H groups in total. The number of hydrogen-bond donors (Lipinski definition) is 0. The monoisotopic (exact) mass is 240 g/mol. The lowest BCUT2D eigenvalue weighted by Gasteiger charge is -2.36. The second kappa shape index (κ2) is 7.38. The molecular formula is C15H32N2. The summed E-state index contributed by atoms with van der Waals surface area (Å²) in [7, 11) is 4.43. The molecule has 17 heavy (non-hydrogen) atoms. The van der Waals surface area contributed by atoms with Crippen molar-refractivity contribution in [3.63, 3.8) is 0 Å². The highest BCUT2D eigenvalue weighted by Crippen LogP contribution is 2.18. The van der Waals surface area contributed by atoms with Crippen molar-refractivity contribution in [3.05, 3.63) is 0 Å². The first-order valence-corrected chi connectivity index (χ1v) is 7.37. The van der Waals surface area contributed by atoms with Crippen molar-refractivity contribution in [3.8, 4) is 0 Å². The molecule has 1 aliphatic rings. The van der Waals surface area contributed by atoms with Crippen LogP contribution in [0.25, 0.3) is 0 Å². The first-order chi connectivity index (χ1) is 7.99. The Kier molecular flexibility index (Phi) is 6.50. The van der Waals surface area contributed by atoms with Gasteiger partial charge in [-0.05, 0) is 58.3 Å². The van der Waals surface area contributed by atoms with Gasteiger partial charge in [0.25, 0.3) is 0 Å². The minimum atomic E-state index is 0.817. The number of hydrogen-bond acceptors (Lipinski definition) is 2. The molecular weight excluding hydrogens is 208 g/mol. The third kappa shape index (κ3) is 5.87. The second-order valence-corrected chi connectivity index (χ2v) is 6.57. The Labute approximate surface area is 108 Å². The minimum Gasteiger partial charge on any atom is -0.306 e. The summed E-state index contributed by atoms with van der Waals surface area (Å²) in [6, 6.07) is 0.817. The van der Waals surface area contributed by atoms with Crippen molar-refractivity contribution >= 4 is 0 Å². The third-order valence-corrected chi connectivity index (χ3v) is 4.09. The van der Waals surface area contributed by atoms with E-state index in [0.29, 0.717) is 0 Å². The van der Waals surface area contributed by atoms with Crippen LogP contribution in [-0.4, -0.2) is 49.6 Å². The summed E-state index contributed by atoms with van der Waals surface area (Å²) in [5.74, 6) is 1.73. The quantitative estimate of drug-likeness (QED) is 0.704. The van der Waals surface area contributed by atoms with Crippen LogP contribution in [0.1, 0.15) is 46.5 Å². The molecule has 0 aromatic rings. The fraction of sp³-hybridized carbons (Fsp3) is 1.00. The molecule has 2 heteroatoms. The first-order valence-electron chi connectivity index (χ1n) is 7.37. The van der Waals surface area contributed by atoms with E-state index in [-0.39, 0.29) is 0 Å². The van der Waals surface area contributed by atoms with Crippen LogP contribution in [0.15, 0.2) is 0 Å². The normalized spacial score (nSPS) is 21.4. The highest BCUT2D eigenvalue weighted by atomic mass is 15.2. The van der Waals surface area contributed by atoms with Crippen LogP contribution in [-0.2, 0) is 0 Å². The number of nitrogens with zero attached hydrogens (tertiary/aromatic N) is 2. The Balaban J connectivity index is 2.17. The largest absolute Gasteiger partial charge is 0.306 e. The van der Waals surface area contributed by atoms with Gasteiger partial charge in [-0.25, -0.2) is 0 Å². The molecule has 1 saturated heterocycles. The average molecular weight is 240 g/mol. The van der Waals surface area contributed by atoms with Crippen LogP contribution < -0.4 is 0 Å². The maximum absolute atomic E-state index is 2.67. The molecule has 1 heterocycles. The SMILES string of the molecule is CC(C)CCC(C)CN1CCC(N(C)C)CC1. The standard InChI is InChI=1S/C15H32N2/c1-13(2)6-7-14(3)12-17-10-8-15(9-11-17)16(4)5/h13-15H,6-12H2,1-5H3. The van der Waals surface area contributed by atoms with Gasteiger partial charge in [0.05, 0.1) is 0 Å². The molecule has 1 rings (SSSR count). The van der Waals surface area contributed by atoms with Crippen molar-refractivity contribution in [1.29, 1.82) is 0 Å². The summed E-state index contributed by atoms with van der Waals surface area (Å²) in [5, 5.41) is 0. The molecule has 1 fully saturated rings. The molecule has 0 bridgehead atoms. The van der Waals surface area contributed by atoms with Gasteiger partial charge in [-0.15, -0.1) is 0 Å². The smallest absolute Gasteiger partial charge is 0.0113 e. The molecule has 0 aromatic heterocycles. The first kappa shape index (κ1) is 15.0. The van der Waals surface area contributed by atoms with Crippen LogP contribution in [0, 0.1) is 11.8 Å². The van der Waals surface area contributed by atoms with Crippen LogP contribution in [0.2, 0.25) is 0 Å². The summed E-state index contributed by atoms with van der Waals surface area (Å²) in [6.07, 6.45) is 5.48. The molecule has 1 aliphatic heterocycles. The van der Waals surface area contributed by atoms with Crippen molar-refractivity contribution in [1.82, 2.24) is 9.80 Å². The van der Waals surface area contributed by atoms with Gasteiger partial charge in [0.15, 0.2) is 0 Å². The van der Waals surface area contributed by atoms with E-state index in [2.05, 4.69) is 44.7 Å². The summed E-state index contributed by atoms with van der Waals surface area (Å²) < 4.78 is 0. The summed E-state index contributed by atoms with van der Waals surface area (Å²) in [6.45, 7) is 11.0. The summed E-state index contributed by atoms with van der Waals surface area (Å²) in [5.41, 5.74) is 0. The van der Waals surface area contributed by atoms with Gasteiger partial charge >= 0.3 is 0 Å². The van der Waals surface area contributed by atoms with Gasteiger partial charge in [-0.3, -0.25) is 0 Å². The minimum absolute atomic E-state index is 0.817. The molecule has 0 spiro atoms. The molecule has 0 aliphatic carbocycles. The van der Waals surface area contributed by atoms with Crippen molar-refractivity contribution in [2.45, 2.75) is 52.5 Å². The molecule has 1 unspecified atom stereocenters. The molecule has 102 valence electrons. The Morgan fingerprint density at radius 3 is 2.12 bits per heavy atom. The second-order valence-electron chi connectivity index (χ2n) is 6.57. The third-order valence-electron chi connectivity index (χ3n) is 4.09. The molecule has 1 atom stereocenters. The van der Waals surface area contributed by atoms with Gasteiger partial charge in [0.1, 0.15) is 0 Å². The molecule has 0 saturated carbocycles. The van der Waals surface area contributed by atoms with Gasteiger partial charge in [0.2, 0.25) is 0 Å². The van der Waals surface area contributed by atoms with E-state index in [9.17, 15) is 0 Å². The average Bonchev–Trinajstić information content (AvgIpc) is 2.27. The van der Waals surface area contributed by atoms with Gasteiger partial charge in [-0.1, -0.05) is 27.2 Å². The van der Waals surface area contributed by atoms with E-state index in [4.69, 9.17) is 0 Å². The molecule has 0 radical (unpaired) electrons. The van der Waals surface area contributed by atoms with Crippen LogP contribution >= 0.6 is 0 Å². The number of likely N-dealkylation sites (tertiary alicyclic amines) is 1. The van der Waals surface area contributed by atoms with Crippen molar-refractivity contribution in [2.75, 3.05) is 33.7 Å². The molecule has 0 amide bonds. The lowest BCUT2D eigenvalue weighted by atomic mass is 9.97. The van der Waals surface area contributed by atoms with E-state index in [0.717, 1.165) is 17.9 Å². The Bertz CT molecular complexity index is 193. The van der Waals surface area contributed by atoms with Crippen LogP contribution in [0.3, 0.4) is 0 Å². The van der Waals surface area contributed by atoms with Gasteiger partial charge in [0, 0.05) is 12.6 Å². The summed E-state index contributed by atoms with van der Waals surface area (Å²) >= 11 is 0. The van der Waals surface area contributed by atoms with Gasteiger partial charge < -0.3 is 9.80 Å². The van der Waals surface area contributed by atoms with Crippen molar-refractivity contribution < 1.29 is 0 Å². The van der Waals surface area contributed by atoms with Gasteiger partial charge in [-0.2, -0.15) is 0 Å². The Morgan fingerprint density at radius 1 is 1.06 bits per heavy atom. The predicted octanol–water partition coefficient (Wildman–Crippen LogP) is 3.08. The van der Waals surface area contributed by atoms with Crippen LogP contribution in [0.4, 0.5) is 0 Å². The van der Waals surface area contributed by atoms with E-state index in [1.807, 2.05) is 0 Å². The number of piperidine rings is 1. The van der Waals surface area contributed by atoms with E-state index in [1.165, 1.54) is 45.3 Å². The maximum atomic E-state index is 2.67. The zero-order valence-corrected chi connectivity index (χ0v) is 12.6. The predicted molar refractivity (Wildman–Crippen MR) is 76.4 cm³/mol. The highest BCUT2D eigenvalue weighted by Gasteiger charge is 2.21. The molecule has 0 aromatic carbocycles. The Hall–Kier alpha value is -0.0800. The number of rotatable bonds is 6. The summed E-state index contributed by atoms with van der Waals surface area (Å²) in [4.78, 5) is 5.06. The zero-order chi connectivity index (χ0) is 12.8. The van der Waals surface area contributed by atoms with Crippen LogP contribution in [0.5, 0.6) is 0 Å². The fourth-order valence-corrected chi connectivity index (χ4v) is 2.77. The van der Waals surface area contributed by atoms with E-state index < -0.39 is 0 Å². The fourth-order valence-electron chi connectivity index (χ4n) is 2.77. The van der Waals surface area contributed by atoms with E-state index >= 15 is 0 Å². The zero-order valence-electron chi connectivity index (χ0n) is 12.6. The maximum Gasteiger partial charge on any atom is 0.0113 e. The lowest BCUT2D eigenvalue weighted by Crippen LogP contribution is -2.43. The highest BCUT2D eigenvalue weighted by molar-refractivity contribution is 4.77. The van der Waals surface area contributed by atoms with E-state index in [1.54, 1.807) is 0 Å².